The lowest BCUT2D eigenvalue weighted by Gasteiger charge is -1.92. The molecule has 0 aliphatic heterocycles. The van der Waals surface area contributed by atoms with Gasteiger partial charge in [-0.25, -0.2) is 8.78 Å². The van der Waals surface area contributed by atoms with E-state index in [2.05, 4.69) is 4.42 Å². The Morgan fingerprint density at radius 2 is 2.22 bits per heavy atom. The molecule has 0 unspecified atom stereocenters. The van der Waals surface area contributed by atoms with Gasteiger partial charge in [-0.3, -0.25) is 0 Å². The molecule has 3 heteroatoms. The maximum absolute atomic E-state index is 11.8. The van der Waals surface area contributed by atoms with Gasteiger partial charge in [-0.2, -0.15) is 0 Å². The summed E-state index contributed by atoms with van der Waals surface area (Å²) in [5, 5.41) is 0. The van der Waals surface area contributed by atoms with Gasteiger partial charge in [0.2, 0.25) is 0 Å². The Labute approximate surface area is 51.3 Å². The van der Waals surface area contributed by atoms with Crippen LogP contribution in [0.3, 0.4) is 0 Å². The first kappa shape index (κ1) is 6.26. The summed E-state index contributed by atoms with van der Waals surface area (Å²) in [6, 6.07) is 1.28. The molecule has 1 rings (SSSR count). The van der Waals surface area contributed by atoms with Gasteiger partial charge < -0.3 is 4.42 Å². The van der Waals surface area contributed by atoms with Crippen molar-refractivity contribution in [1.82, 2.24) is 0 Å². The minimum Gasteiger partial charge on any atom is -0.469 e. The van der Waals surface area contributed by atoms with Crippen LogP contribution in [0.5, 0.6) is 0 Å². The van der Waals surface area contributed by atoms with Crippen LogP contribution in [0.15, 0.2) is 16.7 Å². The summed E-state index contributed by atoms with van der Waals surface area (Å²) >= 11 is 0. The first-order valence-corrected chi connectivity index (χ1v) is 2.54. The molecule has 0 aromatic carbocycles. The first-order chi connectivity index (χ1) is 4.22. The SMILES string of the molecule is Cc1occc1C(F)F. The lowest BCUT2D eigenvalue weighted by molar-refractivity contribution is 0.149. The van der Waals surface area contributed by atoms with Crippen molar-refractivity contribution in [3.63, 3.8) is 0 Å². The van der Waals surface area contributed by atoms with Crippen LogP contribution in [-0.2, 0) is 0 Å². The molecule has 50 valence electrons. The van der Waals surface area contributed by atoms with E-state index in [-0.39, 0.29) is 5.56 Å². The van der Waals surface area contributed by atoms with Crippen LogP contribution in [0.1, 0.15) is 17.7 Å². The summed E-state index contributed by atoms with van der Waals surface area (Å²) in [6.45, 7) is 1.52. The molecule has 0 saturated heterocycles. The normalized spacial score (nSPS) is 10.7. The molecule has 1 heterocycles. The summed E-state index contributed by atoms with van der Waals surface area (Å²) in [4.78, 5) is 0. The quantitative estimate of drug-likeness (QED) is 0.572. The molecule has 1 aromatic rings. The maximum Gasteiger partial charge on any atom is 0.267 e. The van der Waals surface area contributed by atoms with Crippen molar-refractivity contribution in [3.05, 3.63) is 23.7 Å². The van der Waals surface area contributed by atoms with Crippen molar-refractivity contribution in [2.24, 2.45) is 0 Å². The Morgan fingerprint density at radius 3 is 2.44 bits per heavy atom. The molecule has 0 aliphatic rings. The van der Waals surface area contributed by atoms with Crippen LogP contribution >= 0.6 is 0 Å². The second-order valence-electron chi connectivity index (χ2n) is 1.73. The van der Waals surface area contributed by atoms with Gasteiger partial charge in [-0.1, -0.05) is 0 Å². The van der Waals surface area contributed by atoms with E-state index in [0.29, 0.717) is 5.76 Å². The standard InChI is InChI=1S/C6H6F2O/c1-4-5(6(7)8)2-3-9-4/h2-3,6H,1H3. The fourth-order valence-electron chi connectivity index (χ4n) is 0.621. The fraction of sp³-hybridized carbons (Fsp3) is 0.333. The third kappa shape index (κ3) is 1.09. The molecule has 0 bridgehead atoms. The van der Waals surface area contributed by atoms with Crippen molar-refractivity contribution in [2.45, 2.75) is 13.3 Å². The van der Waals surface area contributed by atoms with Crippen molar-refractivity contribution >= 4 is 0 Å². The fourth-order valence-corrected chi connectivity index (χ4v) is 0.621. The third-order valence-corrected chi connectivity index (χ3v) is 1.13. The largest absolute Gasteiger partial charge is 0.469 e. The molecule has 1 nitrogen and oxygen atoms in total. The molecule has 0 N–H and O–H groups in total. The molecular weight excluding hydrogens is 126 g/mol. The van der Waals surface area contributed by atoms with Crippen LogP contribution < -0.4 is 0 Å². The number of halogens is 2. The first-order valence-electron chi connectivity index (χ1n) is 2.54. The highest BCUT2D eigenvalue weighted by Gasteiger charge is 2.11. The van der Waals surface area contributed by atoms with Crippen molar-refractivity contribution in [3.8, 4) is 0 Å². The third-order valence-electron chi connectivity index (χ3n) is 1.13. The van der Waals surface area contributed by atoms with E-state index < -0.39 is 6.43 Å². The molecule has 0 radical (unpaired) electrons. The summed E-state index contributed by atoms with van der Waals surface area (Å²) in [5.74, 6) is 0.296. The van der Waals surface area contributed by atoms with E-state index >= 15 is 0 Å². The molecule has 9 heavy (non-hydrogen) atoms. The lowest BCUT2D eigenvalue weighted by Crippen LogP contribution is -1.80. The predicted octanol–water partition coefficient (Wildman–Crippen LogP) is 2.53. The van der Waals surface area contributed by atoms with Gasteiger partial charge >= 0.3 is 0 Å². The minimum absolute atomic E-state index is 0.0185. The Kier molecular flexibility index (Phi) is 1.51. The molecular formula is C6H6F2O. The van der Waals surface area contributed by atoms with Gasteiger partial charge in [0, 0.05) is 0 Å². The smallest absolute Gasteiger partial charge is 0.267 e. The summed E-state index contributed by atoms with van der Waals surface area (Å²) in [6.07, 6.45) is -1.15. The highest BCUT2D eigenvalue weighted by Crippen LogP contribution is 2.22. The van der Waals surface area contributed by atoms with Crippen LogP contribution in [0.4, 0.5) is 8.78 Å². The Hall–Kier alpha value is -0.860. The van der Waals surface area contributed by atoms with Crippen molar-refractivity contribution < 1.29 is 13.2 Å². The van der Waals surface area contributed by atoms with Crippen molar-refractivity contribution in [2.75, 3.05) is 0 Å². The van der Waals surface area contributed by atoms with Crippen LogP contribution in [0.2, 0.25) is 0 Å². The molecule has 0 amide bonds. The highest BCUT2D eigenvalue weighted by molar-refractivity contribution is 5.16. The van der Waals surface area contributed by atoms with E-state index in [9.17, 15) is 8.78 Å². The van der Waals surface area contributed by atoms with Gasteiger partial charge in [-0.15, -0.1) is 0 Å². The lowest BCUT2D eigenvalue weighted by atomic mass is 10.3. The number of aryl methyl sites for hydroxylation is 1. The Morgan fingerprint density at radius 1 is 1.56 bits per heavy atom. The zero-order valence-corrected chi connectivity index (χ0v) is 4.90. The molecule has 0 fully saturated rings. The summed E-state index contributed by atoms with van der Waals surface area (Å²) in [5.41, 5.74) is -0.0185. The van der Waals surface area contributed by atoms with E-state index in [1.54, 1.807) is 0 Å². The molecule has 1 aromatic heterocycles. The van der Waals surface area contributed by atoms with Crippen LogP contribution in [0, 0.1) is 6.92 Å². The second-order valence-corrected chi connectivity index (χ2v) is 1.73. The van der Waals surface area contributed by atoms with E-state index in [4.69, 9.17) is 0 Å². The average Bonchev–Trinajstić information content (AvgIpc) is 2.13. The number of rotatable bonds is 1. The zero-order chi connectivity index (χ0) is 6.85. The minimum atomic E-state index is -2.41. The van der Waals surface area contributed by atoms with Crippen LogP contribution in [0.25, 0.3) is 0 Å². The van der Waals surface area contributed by atoms with Gasteiger partial charge in [0.25, 0.3) is 6.43 Å². The monoisotopic (exact) mass is 132 g/mol. The predicted molar refractivity (Wildman–Crippen MR) is 28.4 cm³/mol. The average molecular weight is 132 g/mol. The maximum atomic E-state index is 11.8. The van der Waals surface area contributed by atoms with E-state index in [0.717, 1.165) is 0 Å². The zero-order valence-electron chi connectivity index (χ0n) is 4.90. The van der Waals surface area contributed by atoms with E-state index in [1.165, 1.54) is 19.3 Å². The number of alkyl halides is 2. The topological polar surface area (TPSA) is 13.1 Å². The highest BCUT2D eigenvalue weighted by atomic mass is 19.3. The summed E-state index contributed by atoms with van der Waals surface area (Å²) in [7, 11) is 0. The number of furan rings is 1. The number of hydrogen-bond donors (Lipinski definition) is 0. The van der Waals surface area contributed by atoms with Gasteiger partial charge in [0.15, 0.2) is 0 Å². The Balaban J connectivity index is 2.94. The van der Waals surface area contributed by atoms with Crippen molar-refractivity contribution in [1.29, 1.82) is 0 Å². The van der Waals surface area contributed by atoms with Crippen LogP contribution in [-0.4, -0.2) is 0 Å². The number of hydrogen-bond acceptors (Lipinski definition) is 1. The summed E-state index contributed by atoms with van der Waals surface area (Å²) < 4.78 is 28.2. The second kappa shape index (κ2) is 2.17. The molecule has 0 atom stereocenters. The molecule has 0 aliphatic carbocycles. The van der Waals surface area contributed by atoms with Gasteiger partial charge in [0.1, 0.15) is 5.76 Å². The van der Waals surface area contributed by atoms with Gasteiger partial charge in [0.05, 0.1) is 11.8 Å². The Bertz CT molecular complexity index is 193. The van der Waals surface area contributed by atoms with Gasteiger partial charge in [-0.05, 0) is 13.0 Å². The molecule has 0 saturated carbocycles. The molecule has 0 spiro atoms. The van der Waals surface area contributed by atoms with E-state index in [1.807, 2.05) is 0 Å².